The molecule has 0 saturated heterocycles. The largest absolute Gasteiger partial charge is 2.00 e. The molecule has 0 N–H and O–H groups in total. The summed E-state index contributed by atoms with van der Waals surface area (Å²) in [6.07, 6.45) is 69.8. The first kappa shape index (κ1) is 104. The Morgan fingerprint density at radius 1 is 0.259 bits per heavy atom. The summed E-state index contributed by atoms with van der Waals surface area (Å²) in [4.78, 5) is 44.8. The van der Waals surface area contributed by atoms with Crippen LogP contribution in [0.3, 0.4) is 0 Å². The molecule has 0 fully saturated rings. The second kappa shape index (κ2) is 100. The van der Waals surface area contributed by atoms with E-state index in [1.165, 1.54) is 205 Å². The minimum atomic E-state index is -0.0955. The predicted octanol–water partition coefficient (Wildman–Crippen LogP) is 20.4. The zero-order chi connectivity index (χ0) is 59.6. The summed E-state index contributed by atoms with van der Waals surface area (Å²) in [5.41, 5.74) is 0. The van der Waals surface area contributed by atoms with Crippen LogP contribution >= 0.6 is 13.5 Å². The van der Waals surface area contributed by atoms with Crippen LogP contribution < -0.4 is 0 Å². The van der Waals surface area contributed by atoms with E-state index in [-0.39, 0.29) is 100 Å². The Kier molecular flexibility index (Phi) is 123. The van der Waals surface area contributed by atoms with Gasteiger partial charge in [-0.3, -0.25) is 19.2 Å². The molecule has 85 heavy (non-hydrogen) atoms. The van der Waals surface area contributed by atoms with E-state index in [0.717, 1.165) is 51.4 Å². The van der Waals surface area contributed by atoms with Gasteiger partial charge in [-0.05, 0) is 128 Å². The predicted molar refractivity (Wildman–Crippen MR) is 391 cm³/mol. The normalized spacial score (nSPS) is 10.4. The molecule has 0 saturated carbocycles. The maximum atomic E-state index is 11.2. The van der Waals surface area contributed by atoms with Crippen LogP contribution in [0.4, 0.5) is 0 Å². The Balaban J connectivity index is -0.000000127. The van der Waals surface area contributed by atoms with E-state index in [4.69, 9.17) is 69.5 Å². The summed E-state index contributed by atoms with van der Waals surface area (Å²) in [6, 6.07) is 0. The van der Waals surface area contributed by atoms with E-state index < -0.39 is 0 Å². The van der Waals surface area contributed by atoms with Gasteiger partial charge < -0.3 is 69.5 Å². The zero-order valence-electron chi connectivity index (χ0n) is 53.8. The van der Waals surface area contributed by atoms with Crippen LogP contribution in [-0.4, -0.2) is 121 Å². The monoisotopic (exact) mass is 1500 g/mol. The van der Waals surface area contributed by atoms with Gasteiger partial charge in [0.05, 0.1) is 26.4 Å². The molecule has 0 aliphatic carbocycles. The van der Waals surface area contributed by atoms with Crippen LogP contribution in [0.15, 0.2) is 48.6 Å². The van der Waals surface area contributed by atoms with Crippen molar-refractivity contribution in [2.75, 3.05) is 49.4 Å². The number of esters is 4. The molecule has 500 valence electrons. The number of carbonyl (C=O) groups is 4. The molecule has 0 heterocycles. The molecule has 0 spiro atoms. The first-order valence-corrected chi connectivity index (χ1v) is 35.1. The average Bonchev–Trinajstić information content (AvgIpc) is 3.46. The smallest absolute Gasteiger partial charge is 0.789 e. The minimum absolute atomic E-state index is 0. The zero-order valence-corrected chi connectivity index (χ0v) is 63.8. The van der Waals surface area contributed by atoms with Crippen molar-refractivity contribution in [3.8, 4) is 0 Å². The Labute approximate surface area is 591 Å². The second-order valence-electron chi connectivity index (χ2n) is 20.8. The second-order valence-corrected chi connectivity index (χ2v) is 22.4. The van der Waals surface area contributed by atoms with E-state index in [1.807, 2.05) is 0 Å². The van der Waals surface area contributed by atoms with Crippen molar-refractivity contribution in [3.05, 3.63) is 48.6 Å². The Hall–Kier alpha value is 0.187. The summed E-state index contributed by atoms with van der Waals surface area (Å²) in [5.74, 6) is 1.60. The molecule has 0 aromatic heterocycles. The van der Waals surface area contributed by atoms with Gasteiger partial charge in [-0.1, -0.05) is 220 Å². The summed E-state index contributed by atoms with van der Waals surface area (Å²) in [6.45, 7) is 10.5. The van der Waals surface area contributed by atoms with Gasteiger partial charge in [0.1, 0.15) is 0 Å². The quantitative estimate of drug-likeness (QED) is 0.0145. The van der Waals surface area contributed by atoms with Gasteiger partial charge >= 0.3 is 71.7 Å². The third-order valence-electron chi connectivity index (χ3n) is 13.0. The van der Waals surface area contributed by atoms with Crippen LogP contribution in [0.5, 0.6) is 0 Å². The molecule has 0 atom stereocenters. The molecule has 0 rings (SSSR count). The molecular weight excluding hydrogens is 1370 g/mol. The average molecular weight is 1500 g/mol. The number of carbonyl (C=O) groups excluding carboxylic acids is 4. The molecule has 0 amide bonds. The number of unbranched alkanes of at least 4 members (excludes halogenated alkanes) is 32. The fourth-order valence-corrected chi connectivity index (χ4v) is 8.48. The van der Waals surface area contributed by atoms with Gasteiger partial charge in [-0.25, -0.2) is 0 Å². The van der Waals surface area contributed by atoms with Crippen LogP contribution in [0.1, 0.15) is 325 Å². The maximum absolute atomic E-state index is 11.2. The first-order chi connectivity index (χ1) is 39.2. The maximum Gasteiger partial charge on any atom is 2.00 e. The molecule has 0 bridgehead atoms. The number of hydrogen-bond acceptors (Lipinski definition) is 12. The molecule has 0 aliphatic heterocycles. The molecule has 15 heteroatoms. The van der Waals surface area contributed by atoms with Gasteiger partial charge in [0.2, 0.25) is 0 Å². The van der Waals surface area contributed by atoms with E-state index in [0.29, 0.717) is 75.1 Å². The van der Waals surface area contributed by atoms with Gasteiger partial charge in [0, 0.05) is 25.7 Å². The van der Waals surface area contributed by atoms with E-state index in [1.54, 1.807) is 0 Å². The molecule has 8 nitrogen and oxygen atoms in total. The van der Waals surface area contributed by atoms with E-state index >= 15 is 0 Å². The Bertz CT molecular complexity index is 1170. The summed E-state index contributed by atoms with van der Waals surface area (Å²) in [7, 11) is 0. The van der Waals surface area contributed by atoms with Crippen LogP contribution in [0.2, 0.25) is 0 Å². The third-order valence-corrected chi connectivity index (χ3v) is 13.6. The first-order valence-electron chi connectivity index (χ1n) is 32.8. The van der Waals surface area contributed by atoms with Crippen molar-refractivity contribution >= 4 is 136 Å². The fourth-order valence-electron chi connectivity index (χ4n) is 8.15. The van der Waals surface area contributed by atoms with Crippen molar-refractivity contribution in [2.45, 2.75) is 325 Å². The van der Waals surface area contributed by atoms with Crippen molar-refractivity contribution in [1.29, 1.82) is 0 Å². The summed E-state index contributed by atoms with van der Waals surface area (Å²) in [5, 5.41) is 0. The minimum Gasteiger partial charge on any atom is -0.789 e. The Morgan fingerprint density at radius 2 is 0.400 bits per heavy atom. The topological polar surface area (TPSA) is 105 Å². The molecule has 0 aliphatic rings. The molecule has 0 aromatic rings. The van der Waals surface area contributed by atoms with Crippen LogP contribution in [0, 0.1) is 0 Å². The van der Waals surface area contributed by atoms with Crippen LogP contribution in [0.25, 0.3) is 0 Å². The number of allylic oxidation sites excluding steroid dienone is 8. The summed E-state index contributed by atoms with van der Waals surface area (Å²) >= 11 is 18.9. The SMILES string of the molecule is C.C.CCCCCC/C=C/CCCCCCC(=O)OCC[S-].CCCCCC/C=C/CCCCCCC(=O)OCC[S-].CCCCCC/C=C/CCCCCCC(=O)OCC[S-].CCCCCC/C=C/CCCCCCC(=O)OCC[S-].S.[Sn+2].[Sn+2]. The molecular formula is C70H134O8S5Sn2. The van der Waals surface area contributed by atoms with Crippen LogP contribution in [-0.2, 0) is 88.6 Å². The van der Waals surface area contributed by atoms with E-state index in [2.05, 4.69) is 76.3 Å². The van der Waals surface area contributed by atoms with Crippen molar-refractivity contribution in [1.82, 2.24) is 0 Å². The van der Waals surface area contributed by atoms with Gasteiger partial charge in [-0.15, -0.1) is 23.0 Å². The number of rotatable bonds is 56. The van der Waals surface area contributed by atoms with Crippen molar-refractivity contribution in [2.24, 2.45) is 0 Å². The molecule has 4 radical (unpaired) electrons. The van der Waals surface area contributed by atoms with Crippen molar-refractivity contribution < 1.29 is 38.1 Å². The Morgan fingerprint density at radius 3 is 0.541 bits per heavy atom. The van der Waals surface area contributed by atoms with E-state index in [9.17, 15) is 19.2 Å². The fraction of sp³-hybridized carbons (Fsp3) is 0.829. The van der Waals surface area contributed by atoms with Gasteiger partial charge in [-0.2, -0.15) is 13.5 Å². The molecule has 0 aromatic carbocycles. The van der Waals surface area contributed by atoms with Gasteiger partial charge in [0.25, 0.3) is 0 Å². The summed E-state index contributed by atoms with van der Waals surface area (Å²) < 4.78 is 19.7. The number of hydrogen-bond donors (Lipinski definition) is 0. The number of ether oxygens (including phenoxy) is 4. The van der Waals surface area contributed by atoms with Gasteiger partial charge in [0.15, 0.2) is 0 Å². The molecule has 0 unspecified atom stereocenters. The standard InChI is InChI=1S/4C17H32O2S.2CH4.H2S.2Sn/c4*1-2-3-4-5-6-7-8-9-10-11-12-13-14-17(18)19-15-16-20;;;;;/h4*7-8,20H,2-6,9-16H2,1H3;2*1H4;1H2;;/q;;;;;;;2*+2/p-4/b4*8-7+;;;;;. The van der Waals surface area contributed by atoms with Crippen molar-refractivity contribution in [3.63, 3.8) is 0 Å². The third kappa shape index (κ3) is 109.